The third kappa shape index (κ3) is 3.11. The first-order valence-corrected chi connectivity index (χ1v) is 5.92. The van der Waals surface area contributed by atoms with Crippen LogP contribution in [0.1, 0.15) is 22.0 Å². The van der Waals surface area contributed by atoms with Crippen molar-refractivity contribution in [1.82, 2.24) is 15.1 Å². The Bertz CT molecular complexity index is 695. The molecule has 110 valence electrons. The molecule has 0 bridgehead atoms. The van der Waals surface area contributed by atoms with Crippen molar-refractivity contribution >= 4 is 11.9 Å². The number of nitrogens with zero attached hydrogens (tertiary/aromatic N) is 2. The lowest BCUT2D eigenvalue weighted by Gasteiger charge is -2.13. The average Bonchev–Trinajstić information content (AvgIpc) is 2.84. The van der Waals surface area contributed by atoms with Crippen molar-refractivity contribution < 1.29 is 24.9 Å². The van der Waals surface area contributed by atoms with E-state index in [0.29, 0.717) is 5.56 Å². The average molecular weight is 291 g/mol. The van der Waals surface area contributed by atoms with Gasteiger partial charge in [0.05, 0.1) is 6.20 Å². The Morgan fingerprint density at radius 3 is 2.52 bits per heavy atom. The molecule has 0 aliphatic carbocycles. The number of hydrogen-bond acceptors (Lipinski definition) is 5. The zero-order valence-electron chi connectivity index (χ0n) is 11.0. The number of aryl methyl sites for hydroxylation is 1. The Morgan fingerprint density at radius 1 is 1.29 bits per heavy atom. The third-order valence-corrected chi connectivity index (χ3v) is 2.82. The molecule has 0 saturated carbocycles. The predicted molar refractivity (Wildman–Crippen MR) is 70.8 cm³/mol. The minimum absolute atomic E-state index is 0.0282. The summed E-state index contributed by atoms with van der Waals surface area (Å²) in [4.78, 5) is 23.3. The number of carbonyl (C=O) groups excluding carboxylic acids is 1. The number of phenols is 2. The molecule has 1 aromatic heterocycles. The molecule has 0 fully saturated rings. The van der Waals surface area contributed by atoms with Crippen LogP contribution in [0.3, 0.4) is 0 Å². The van der Waals surface area contributed by atoms with Crippen molar-refractivity contribution in [3.63, 3.8) is 0 Å². The second-order valence-corrected chi connectivity index (χ2v) is 4.40. The Morgan fingerprint density at radius 2 is 2.00 bits per heavy atom. The van der Waals surface area contributed by atoms with Gasteiger partial charge in [-0.3, -0.25) is 9.48 Å². The number of rotatable bonds is 4. The van der Waals surface area contributed by atoms with E-state index in [-0.39, 0.29) is 11.3 Å². The molecular formula is C13H13N3O5. The number of amides is 1. The number of aromatic hydroxyl groups is 2. The summed E-state index contributed by atoms with van der Waals surface area (Å²) in [6, 6.07) is 2.20. The van der Waals surface area contributed by atoms with Crippen LogP contribution in [0, 0.1) is 0 Å². The van der Waals surface area contributed by atoms with E-state index in [1.807, 2.05) is 0 Å². The fourth-order valence-electron chi connectivity index (χ4n) is 1.76. The van der Waals surface area contributed by atoms with Gasteiger partial charge >= 0.3 is 5.97 Å². The highest BCUT2D eigenvalue weighted by Crippen LogP contribution is 2.25. The zero-order valence-corrected chi connectivity index (χ0v) is 11.0. The summed E-state index contributed by atoms with van der Waals surface area (Å²) < 4.78 is 1.42. The summed E-state index contributed by atoms with van der Waals surface area (Å²) in [6.07, 6.45) is 2.82. The summed E-state index contributed by atoms with van der Waals surface area (Å²) in [5.41, 5.74) is 0.349. The lowest BCUT2D eigenvalue weighted by molar-refractivity contribution is -0.139. The molecule has 1 unspecified atom stereocenters. The molecule has 0 radical (unpaired) electrons. The molecule has 1 heterocycles. The van der Waals surface area contributed by atoms with E-state index in [4.69, 9.17) is 0 Å². The summed E-state index contributed by atoms with van der Waals surface area (Å²) in [5, 5.41) is 33.9. The zero-order chi connectivity index (χ0) is 15.6. The third-order valence-electron chi connectivity index (χ3n) is 2.82. The van der Waals surface area contributed by atoms with Crippen LogP contribution in [0.5, 0.6) is 11.5 Å². The van der Waals surface area contributed by atoms with Gasteiger partial charge in [-0.1, -0.05) is 0 Å². The number of nitrogens with one attached hydrogen (secondary N) is 1. The summed E-state index contributed by atoms with van der Waals surface area (Å²) in [5.74, 6) is -2.76. The van der Waals surface area contributed by atoms with Gasteiger partial charge in [-0.25, -0.2) is 4.79 Å². The Kier molecular flexibility index (Phi) is 3.79. The molecule has 1 aromatic carbocycles. The second-order valence-electron chi connectivity index (χ2n) is 4.40. The Hall–Kier alpha value is -3.03. The van der Waals surface area contributed by atoms with Crippen molar-refractivity contribution in [3.8, 4) is 11.5 Å². The van der Waals surface area contributed by atoms with Crippen LogP contribution in [0.4, 0.5) is 0 Å². The van der Waals surface area contributed by atoms with Crippen LogP contribution >= 0.6 is 0 Å². The highest BCUT2D eigenvalue weighted by molar-refractivity contribution is 5.97. The van der Waals surface area contributed by atoms with E-state index in [0.717, 1.165) is 12.1 Å². The Balaban J connectivity index is 2.22. The van der Waals surface area contributed by atoms with E-state index in [1.165, 1.54) is 23.1 Å². The summed E-state index contributed by atoms with van der Waals surface area (Å²) in [6.45, 7) is 0. The van der Waals surface area contributed by atoms with E-state index >= 15 is 0 Å². The van der Waals surface area contributed by atoms with Crippen LogP contribution in [0.15, 0.2) is 30.6 Å². The molecule has 0 aliphatic heterocycles. The molecule has 2 rings (SSSR count). The largest absolute Gasteiger partial charge is 0.504 e. The van der Waals surface area contributed by atoms with E-state index in [9.17, 15) is 24.9 Å². The molecule has 21 heavy (non-hydrogen) atoms. The molecular weight excluding hydrogens is 278 g/mol. The molecule has 0 aliphatic rings. The van der Waals surface area contributed by atoms with Gasteiger partial charge in [0.15, 0.2) is 17.5 Å². The summed E-state index contributed by atoms with van der Waals surface area (Å²) in [7, 11) is 1.63. The SMILES string of the molecule is Cn1cc(C(NC(=O)c2ccc(O)c(O)c2)C(=O)O)cn1. The van der Waals surface area contributed by atoms with Gasteiger partial charge in [0.25, 0.3) is 5.91 Å². The van der Waals surface area contributed by atoms with E-state index in [1.54, 1.807) is 7.05 Å². The van der Waals surface area contributed by atoms with Gasteiger partial charge in [-0.2, -0.15) is 5.10 Å². The Labute approximate surface area is 119 Å². The first kappa shape index (κ1) is 14.4. The van der Waals surface area contributed by atoms with Crippen molar-refractivity contribution in [2.75, 3.05) is 0 Å². The number of carboxylic acid groups (broad SMARTS) is 1. The number of carbonyl (C=O) groups is 2. The lowest BCUT2D eigenvalue weighted by atomic mass is 10.1. The second kappa shape index (κ2) is 5.53. The topological polar surface area (TPSA) is 125 Å². The molecule has 0 spiro atoms. The van der Waals surface area contributed by atoms with Crippen LogP contribution < -0.4 is 5.32 Å². The van der Waals surface area contributed by atoms with Crippen LogP contribution in [0.2, 0.25) is 0 Å². The highest BCUT2D eigenvalue weighted by Gasteiger charge is 2.24. The number of hydrogen-bond donors (Lipinski definition) is 4. The quantitative estimate of drug-likeness (QED) is 0.604. The van der Waals surface area contributed by atoms with Crippen molar-refractivity contribution in [2.45, 2.75) is 6.04 Å². The monoisotopic (exact) mass is 291 g/mol. The maximum atomic E-state index is 12.0. The van der Waals surface area contributed by atoms with Gasteiger partial charge in [-0.05, 0) is 18.2 Å². The maximum Gasteiger partial charge on any atom is 0.331 e. The smallest absolute Gasteiger partial charge is 0.331 e. The minimum Gasteiger partial charge on any atom is -0.504 e. The normalized spacial score (nSPS) is 11.9. The fraction of sp³-hybridized carbons (Fsp3) is 0.154. The number of benzene rings is 1. The van der Waals surface area contributed by atoms with Gasteiger partial charge in [0.2, 0.25) is 0 Å². The molecule has 0 saturated heterocycles. The van der Waals surface area contributed by atoms with Crippen molar-refractivity contribution in [2.24, 2.45) is 7.05 Å². The molecule has 1 amide bonds. The molecule has 4 N–H and O–H groups in total. The predicted octanol–water partition coefficient (Wildman–Crippen LogP) is 0.387. The van der Waals surface area contributed by atoms with Crippen molar-refractivity contribution in [1.29, 1.82) is 0 Å². The van der Waals surface area contributed by atoms with Gasteiger partial charge in [0, 0.05) is 24.4 Å². The first-order valence-electron chi connectivity index (χ1n) is 5.92. The number of carboxylic acids is 1. The van der Waals surface area contributed by atoms with Crippen LogP contribution in [-0.4, -0.2) is 37.0 Å². The van der Waals surface area contributed by atoms with Crippen molar-refractivity contribution in [3.05, 3.63) is 41.7 Å². The lowest BCUT2D eigenvalue weighted by Crippen LogP contribution is -2.33. The van der Waals surface area contributed by atoms with Gasteiger partial charge in [0.1, 0.15) is 0 Å². The van der Waals surface area contributed by atoms with Crippen LogP contribution in [0.25, 0.3) is 0 Å². The first-order chi connectivity index (χ1) is 9.88. The molecule has 8 nitrogen and oxygen atoms in total. The molecule has 2 aromatic rings. The van der Waals surface area contributed by atoms with E-state index < -0.39 is 23.7 Å². The standard InChI is InChI=1S/C13H13N3O5/c1-16-6-8(5-14-16)11(13(20)21)15-12(19)7-2-3-9(17)10(18)4-7/h2-6,11,17-18H,1H3,(H,15,19)(H,20,21). The number of phenolic OH excluding ortho intramolecular Hbond substituents is 2. The number of aromatic nitrogens is 2. The highest BCUT2D eigenvalue weighted by atomic mass is 16.4. The minimum atomic E-state index is -1.26. The van der Waals surface area contributed by atoms with E-state index in [2.05, 4.69) is 10.4 Å². The van der Waals surface area contributed by atoms with Crippen LogP contribution in [-0.2, 0) is 11.8 Å². The maximum absolute atomic E-state index is 12.0. The van der Waals surface area contributed by atoms with Gasteiger partial charge < -0.3 is 20.6 Å². The fourth-order valence-corrected chi connectivity index (χ4v) is 1.76. The molecule has 1 atom stereocenters. The van der Waals surface area contributed by atoms with Gasteiger partial charge in [-0.15, -0.1) is 0 Å². The number of aliphatic carboxylic acids is 1. The molecule has 8 heteroatoms. The summed E-state index contributed by atoms with van der Waals surface area (Å²) >= 11 is 0.